The van der Waals surface area contributed by atoms with Crippen molar-refractivity contribution in [1.29, 1.82) is 0 Å². The zero-order valence-corrected chi connectivity index (χ0v) is 20.3. The van der Waals surface area contributed by atoms with E-state index in [2.05, 4.69) is 20.9 Å². The minimum atomic E-state index is -0.404. The van der Waals surface area contributed by atoms with Crippen LogP contribution in [0.5, 0.6) is 11.5 Å². The fraction of sp³-hybridized carbons (Fsp3) is 0.364. The molecule has 0 aromatic heterocycles. The molecule has 9 heteroatoms. The van der Waals surface area contributed by atoms with E-state index < -0.39 is 5.82 Å². The normalized spacial score (nSPS) is 11.7. The van der Waals surface area contributed by atoms with E-state index in [1.54, 1.807) is 25.3 Å². The van der Waals surface area contributed by atoms with Crippen LogP contribution in [0.3, 0.4) is 0 Å². The third-order valence-electron chi connectivity index (χ3n) is 4.10. The Morgan fingerprint density at radius 2 is 1.81 bits per heavy atom. The van der Waals surface area contributed by atoms with Gasteiger partial charge in [0.1, 0.15) is 18.4 Å². The topological polar surface area (TPSA) is 84.0 Å². The fourth-order valence-electron chi connectivity index (χ4n) is 2.53. The van der Waals surface area contributed by atoms with Crippen LogP contribution < -0.4 is 25.4 Å². The molecule has 2 rings (SSSR count). The fourth-order valence-corrected chi connectivity index (χ4v) is 2.53. The molecule has 0 aliphatic heterocycles. The van der Waals surface area contributed by atoms with E-state index in [9.17, 15) is 9.18 Å². The number of carbonyl (C=O) groups is 1. The van der Waals surface area contributed by atoms with Crippen molar-refractivity contribution < 1.29 is 18.7 Å². The van der Waals surface area contributed by atoms with Gasteiger partial charge in [-0.15, -0.1) is 24.0 Å². The zero-order chi connectivity index (χ0) is 21.8. The van der Waals surface area contributed by atoms with Crippen LogP contribution >= 0.6 is 24.0 Å². The standard InChI is InChI=1S/C22H29FN4O3.HI/c1-4-24-22(26-13-16(2)30-20-8-6-5-7-19(20)23)27-15-21(28)25-14-17-9-11-18(29-3)12-10-17;/h5-12,16H,4,13-15H2,1-3H3,(H,25,28)(H2,24,26,27);1H. The Balaban J connectivity index is 0.00000480. The van der Waals surface area contributed by atoms with Crippen LogP contribution in [0.2, 0.25) is 0 Å². The Morgan fingerprint density at radius 1 is 1.10 bits per heavy atom. The van der Waals surface area contributed by atoms with Crippen LogP contribution in [0.15, 0.2) is 53.5 Å². The highest BCUT2D eigenvalue weighted by Gasteiger charge is 2.09. The Morgan fingerprint density at radius 3 is 2.45 bits per heavy atom. The van der Waals surface area contributed by atoms with Gasteiger partial charge in [0.15, 0.2) is 17.5 Å². The molecule has 2 aromatic rings. The molecule has 0 aliphatic carbocycles. The first kappa shape index (κ1) is 26.5. The maximum absolute atomic E-state index is 13.7. The number of hydrogen-bond acceptors (Lipinski definition) is 4. The van der Waals surface area contributed by atoms with Gasteiger partial charge < -0.3 is 25.4 Å². The Kier molecular flexibility index (Phi) is 12.3. The van der Waals surface area contributed by atoms with Gasteiger partial charge in [-0.2, -0.15) is 0 Å². The number of carbonyl (C=O) groups excluding carboxylic acids is 1. The average molecular weight is 544 g/mol. The lowest BCUT2D eigenvalue weighted by Crippen LogP contribution is -2.42. The van der Waals surface area contributed by atoms with Crippen LogP contribution in [0.25, 0.3) is 0 Å². The molecule has 0 radical (unpaired) electrons. The largest absolute Gasteiger partial charge is 0.497 e. The number of nitrogens with one attached hydrogen (secondary N) is 3. The molecular weight excluding hydrogens is 514 g/mol. The van der Waals surface area contributed by atoms with Gasteiger partial charge in [0.05, 0.1) is 13.7 Å². The van der Waals surface area contributed by atoms with Crippen molar-refractivity contribution >= 4 is 35.8 Å². The molecule has 3 N–H and O–H groups in total. The first-order valence-corrected chi connectivity index (χ1v) is 9.84. The maximum atomic E-state index is 13.7. The molecule has 0 saturated carbocycles. The molecule has 170 valence electrons. The summed E-state index contributed by atoms with van der Waals surface area (Å²) in [5, 5.41) is 9.00. The van der Waals surface area contributed by atoms with E-state index in [-0.39, 0.29) is 48.3 Å². The molecule has 0 fully saturated rings. The van der Waals surface area contributed by atoms with E-state index in [1.165, 1.54) is 6.07 Å². The molecule has 1 atom stereocenters. The monoisotopic (exact) mass is 544 g/mol. The van der Waals surface area contributed by atoms with Crippen molar-refractivity contribution in [3.63, 3.8) is 0 Å². The molecule has 0 heterocycles. The van der Waals surface area contributed by atoms with Crippen LogP contribution in [0.4, 0.5) is 4.39 Å². The molecule has 0 aliphatic rings. The number of rotatable bonds is 10. The van der Waals surface area contributed by atoms with Gasteiger partial charge in [-0.3, -0.25) is 4.79 Å². The van der Waals surface area contributed by atoms with Crippen molar-refractivity contribution in [1.82, 2.24) is 16.0 Å². The van der Waals surface area contributed by atoms with Gasteiger partial charge in [-0.25, -0.2) is 9.38 Å². The van der Waals surface area contributed by atoms with E-state index in [0.29, 0.717) is 25.6 Å². The lowest BCUT2D eigenvalue weighted by molar-refractivity contribution is -0.119. The van der Waals surface area contributed by atoms with Crippen molar-refractivity contribution in [2.75, 3.05) is 26.7 Å². The summed E-state index contributed by atoms with van der Waals surface area (Å²) in [5.41, 5.74) is 0.970. The zero-order valence-electron chi connectivity index (χ0n) is 18.0. The van der Waals surface area contributed by atoms with Crippen LogP contribution in [-0.4, -0.2) is 44.7 Å². The summed E-state index contributed by atoms with van der Waals surface area (Å²) in [7, 11) is 1.61. The minimum absolute atomic E-state index is 0. The summed E-state index contributed by atoms with van der Waals surface area (Å²) < 4.78 is 24.4. The number of ether oxygens (including phenoxy) is 2. The van der Waals surface area contributed by atoms with Crippen LogP contribution in [-0.2, 0) is 11.3 Å². The number of amides is 1. The molecule has 0 saturated heterocycles. The van der Waals surface area contributed by atoms with E-state index in [4.69, 9.17) is 9.47 Å². The SMILES string of the molecule is CCNC(=NCC(=O)NCc1ccc(OC)cc1)NCC(C)Oc1ccccc1F.I. The predicted octanol–water partition coefficient (Wildman–Crippen LogP) is 3.09. The van der Waals surface area contributed by atoms with Gasteiger partial charge in [-0.1, -0.05) is 24.3 Å². The highest BCUT2D eigenvalue weighted by atomic mass is 127. The molecular formula is C22H30FIN4O3. The van der Waals surface area contributed by atoms with Crippen molar-refractivity contribution in [3.05, 3.63) is 59.9 Å². The van der Waals surface area contributed by atoms with E-state index >= 15 is 0 Å². The van der Waals surface area contributed by atoms with E-state index in [0.717, 1.165) is 11.3 Å². The minimum Gasteiger partial charge on any atom is -0.497 e. The van der Waals surface area contributed by atoms with E-state index in [1.807, 2.05) is 38.1 Å². The molecule has 0 spiro atoms. The summed E-state index contributed by atoms with van der Waals surface area (Å²) in [4.78, 5) is 16.4. The second-order valence-corrected chi connectivity index (χ2v) is 6.56. The molecule has 0 bridgehead atoms. The number of halogens is 2. The number of para-hydroxylation sites is 1. The van der Waals surface area contributed by atoms with Crippen molar-refractivity contribution in [2.24, 2.45) is 4.99 Å². The Hall–Kier alpha value is -2.56. The molecule has 31 heavy (non-hydrogen) atoms. The first-order valence-electron chi connectivity index (χ1n) is 9.84. The Bertz CT molecular complexity index is 834. The second-order valence-electron chi connectivity index (χ2n) is 6.56. The van der Waals surface area contributed by atoms with Gasteiger partial charge in [-0.05, 0) is 43.7 Å². The summed E-state index contributed by atoms with van der Waals surface area (Å²) in [5.74, 6) is 0.856. The summed E-state index contributed by atoms with van der Waals surface area (Å²) >= 11 is 0. The smallest absolute Gasteiger partial charge is 0.242 e. The summed E-state index contributed by atoms with van der Waals surface area (Å²) in [6.07, 6.45) is -0.297. The number of guanidine groups is 1. The molecule has 2 aromatic carbocycles. The molecule has 7 nitrogen and oxygen atoms in total. The number of hydrogen-bond donors (Lipinski definition) is 3. The lowest BCUT2D eigenvalue weighted by atomic mass is 10.2. The van der Waals surface area contributed by atoms with Crippen LogP contribution in [0.1, 0.15) is 19.4 Å². The number of aliphatic imine (C=N–C) groups is 1. The summed E-state index contributed by atoms with van der Waals surface area (Å²) in [6, 6.07) is 13.7. The number of benzene rings is 2. The highest BCUT2D eigenvalue weighted by molar-refractivity contribution is 14.0. The van der Waals surface area contributed by atoms with Crippen molar-refractivity contribution in [3.8, 4) is 11.5 Å². The lowest BCUT2D eigenvalue weighted by Gasteiger charge is -2.18. The summed E-state index contributed by atoms with van der Waals surface area (Å²) in [6.45, 7) is 5.18. The first-order chi connectivity index (χ1) is 14.5. The number of methoxy groups -OCH3 is 1. The quantitative estimate of drug-likeness (QED) is 0.243. The van der Waals surface area contributed by atoms with Crippen LogP contribution in [0, 0.1) is 5.82 Å². The highest BCUT2D eigenvalue weighted by Crippen LogP contribution is 2.16. The maximum Gasteiger partial charge on any atom is 0.242 e. The van der Waals surface area contributed by atoms with Crippen molar-refractivity contribution in [2.45, 2.75) is 26.5 Å². The Labute approximate surface area is 199 Å². The van der Waals surface area contributed by atoms with Gasteiger partial charge >= 0.3 is 0 Å². The average Bonchev–Trinajstić information content (AvgIpc) is 2.76. The number of nitrogens with zero attached hydrogens (tertiary/aromatic N) is 1. The van der Waals surface area contributed by atoms with Gasteiger partial charge in [0, 0.05) is 13.1 Å². The third kappa shape index (κ3) is 9.86. The molecule has 1 amide bonds. The second kappa shape index (κ2) is 14.4. The third-order valence-corrected chi connectivity index (χ3v) is 4.10. The molecule has 1 unspecified atom stereocenters. The van der Waals surface area contributed by atoms with Gasteiger partial charge in [0.2, 0.25) is 5.91 Å². The predicted molar refractivity (Wildman–Crippen MR) is 131 cm³/mol. The van der Waals surface area contributed by atoms with Gasteiger partial charge in [0.25, 0.3) is 0 Å².